The van der Waals surface area contributed by atoms with Crippen LogP contribution in [0.5, 0.6) is 0 Å². The first-order valence-electron chi connectivity index (χ1n) is 8.45. The van der Waals surface area contributed by atoms with Gasteiger partial charge in [0.25, 0.3) is 0 Å². The monoisotopic (exact) mass is 407 g/mol. The van der Waals surface area contributed by atoms with E-state index in [0.717, 1.165) is 12.1 Å². The van der Waals surface area contributed by atoms with Gasteiger partial charge < -0.3 is 21.7 Å². The minimum atomic E-state index is -1.26. The van der Waals surface area contributed by atoms with E-state index in [0.29, 0.717) is 11.3 Å². The van der Waals surface area contributed by atoms with E-state index in [2.05, 4.69) is 30.9 Å². The van der Waals surface area contributed by atoms with Crippen molar-refractivity contribution in [2.24, 2.45) is 10.7 Å². The number of anilines is 2. The predicted molar refractivity (Wildman–Crippen MR) is 104 cm³/mol. The van der Waals surface area contributed by atoms with Crippen molar-refractivity contribution < 1.29 is 18.0 Å². The summed E-state index contributed by atoms with van der Waals surface area (Å²) in [6.45, 7) is 1.29. The lowest BCUT2D eigenvalue weighted by molar-refractivity contribution is -0.119. The number of benzene rings is 1. The van der Waals surface area contributed by atoms with E-state index in [-0.39, 0.29) is 30.8 Å². The SMILES string of the molecule is CNC(=O)CN=CC(=CN)Nc1ncc(C)c(NCc2c(F)ccc(F)c2F)n1. The zero-order valence-corrected chi connectivity index (χ0v) is 15.8. The zero-order chi connectivity index (χ0) is 21.4. The summed E-state index contributed by atoms with van der Waals surface area (Å²) < 4.78 is 40.9. The summed E-state index contributed by atoms with van der Waals surface area (Å²) in [5.74, 6) is -3.14. The number of aliphatic imine (C=N–C) groups is 1. The molecule has 0 radical (unpaired) electrons. The Hall–Kier alpha value is -3.63. The fraction of sp³-hybridized carbons (Fsp3) is 0.222. The van der Waals surface area contributed by atoms with Crippen LogP contribution in [-0.4, -0.2) is 35.7 Å². The molecule has 11 heteroatoms. The van der Waals surface area contributed by atoms with E-state index in [4.69, 9.17) is 5.73 Å². The van der Waals surface area contributed by atoms with E-state index in [1.807, 2.05) is 0 Å². The molecule has 1 aromatic carbocycles. The topological polar surface area (TPSA) is 117 Å². The summed E-state index contributed by atoms with van der Waals surface area (Å²) in [4.78, 5) is 23.4. The van der Waals surface area contributed by atoms with Gasteiger partial charge in [0, 0.05) is 43.3 Å². The van der Waals surface area contributed by atoms with E-state index in [1.54, 1.807) is 6.92 Å². The molecule has 0 fully saturated rings. The fourth-order valence-electron chi connectivity index (χ4n) is 2.14. The van der Waals surface area contributed by atoms with Crippen LogP contribution in [0.2, 0.25) is 0 Å². The van der Waals surface area contributed by atoms with Gasteiger partial charge >= 0.3 is 0 Å². The Labute approximate surface area is 165 Å². The average Bonchev–Trinajstić information content (AvgIpc) is 2.71. The van der Waals surface area contributed by atoms with Crippen molar-refractivity contribution in [1.82, 2.24) is 15.3 Å². The number of aromatic nitrogens is 2. The molecule has 0 saturated carbocycles. The average molecular weight is 407 g/mol. The number of nitrogens with one attached hydrogen (secondary N) is 3. The Morgan fingerprint density at radius 2 is 2.00 bits per heavy atom. The van der Waals surface area contributed by atoms with Crippen molar-refractivity contribution >= 4 is 23.9 Å². The van der Waals surface area contributed by atoms with E-state index >= 15 is 0 Å². The van der Waals surface area contributed by atoms with Crippen molar-refractivity contribution in [3.8, 4) is 0 Å². The Morgan fingerprint density at radius 3 is 2.69 bits per heavy atom. The predicted octanol–water partition coefficient (Wildman–Crippen LogP) is 1.84. The van der Waals surface area contributed by atoms with Crippen LogP contribution >= 0.6 is 0 Å². The van der Waals surface area contributed by atoms with Gasteiger partial charge in [0.2, 0.25) is 11.9 Å². The molecule has 0 aliphatic heterocycles. The Bertz CT molecular complexity index is 947. The molecule has 0 aliphatic rings. The molecule has 1 heterocycles. The number of hydrogen-bond acceptors (Lipinski definition) is 7. The van der Waals surface area contributed by atoms with Crippen molar-refractivity contribution in [3.63, 3.8) is 0 Å². The van der Waals surface area contributed by atoms with Gasteiger partial charge in [0.05, 0.1) is 5.70 Å². The number of halogens is 3. The molecule has 1 aromatic heterocycles. The number of allylic oxidation sites excluding steroid dienone is 1. The first-order valence-corrected chi connectivity index (χ1v) is 8.45. The van der Waals surface area contributed by atoms with Crippen LogP contribution in [-0.2, 0) is 11.3 Å². The highest BCUT2D eigenvalue weighted by Gasteiger charge is 2.14. The Morgan fingerprint density at radius 1 is 1.28 bits per heavy atom. The molecule has 29 heavy (non-hydrogen) atoms. The number of hydrogen-bond donors (Lipinski definition) is 4. The standard InChI is InChI=1S/C18H20F3N7O/c1-10-6-26-18(27-11(5-22)7-24-9-15(29)23-2)28-17(10)25-8-12-13(19)3-4-14(20)16(12)21/h3-7H,8-9,22H2,1-2H3,(H,23,29)(H2,25,26,27,28). The summed E-state index contributed by atoms with van der Waals surface area (Å²) in [5, 5.41) is 7.99. The van der Waals surface area contributed by atoms with Crippen molar-refractivity contribution in [3.05, 3.63) is 58.8 Å². The molecule has 154 valence electrons. The maximum absolute atomic E-state index is 13.8. The summed E-state index contributed by atoms with van der Waals surface area (Å²) in [6, 6.07) is 1.57. The fourth-order valence-corrected chi connectivity index (χ4v) is 2.14. The van der Waals surface area contributed by atoms with Crippen LogP contribution in [0.4, 0.5) is 24.9 Å². The molecule has 0 atom stereocenters. The third kappa shape index (κ3) is 5.92. The smallest absolute Gasteiger partial charge is 0.241 e. The van der Waals surface area contributed by atoms with Gasteiger partial charge in [0.1, 0.15) is 18.2 Å². The minimum Gasteiger partial charge on any atom is -0.403 e. The van der Waals surface area contributed by atoms with Gasteiger partial charge in [-0.1, -0.05) is 0 Å². The molecule has 1 amide bonds. The largest absolute Gasteiger partial charge is 0.403 e. The normalized spacial score (nSPS) is 11.6. The van der Waals surface area contributed by atoms with Gasteiger partial charge in [-0.15, -0.1) is 0 Å². The number of aryl methyl sites for hydroxylation is 1. The summed E-state index contributed by atoms with van der Waals surface area (Å²) >= 11 is 0. The van der Waals surface area contributed by atoms with Gasteiger partial charge in [-0.3, -0.25) is 9.79 Å². The first kappa shape index (κ1) is 21.7. The minimum absolute atomic E-state index is 0.0815. The number of nitrogens with zero attached hydrogens (tertiary/aromatic N) is 3. The first-order chi connectivity index (χ1) is 13.8. The van der Waals surface area contributed by atoms with Crippen LogP contribution in [0.3, 0.4) is 0 Å². The molecule has 0 saturated heterocycles. The number of nitrogens with two attached hydrogens (primary N) is 1. The van der Waals surface area contributed by atoms with Gasteiger partial charge in [0.15, 0.2) is 11.6 Å². The maximum Gasteiger partial charge on any atom is 0.241 e. The number of amides is 1. The molecular formula is C18H20F3N7O. The highest BCUT2D eigenvalue weighted by Crippen LogP contribution is 2.19. The highest BCUT2D eigenvalue weighted by atomic mass is 19.2. The van der Waals surface area contributed by atoms with Crippen LogP contribution < -0.4 is 21.7 Å². The lowest BCUT2D eigenvalue weighted by atomic mass is 10.2. The Balaban J connectivity index is 2.11. The molecule has 2 aromatic rings. The van der Waals surface area contributed by atoms with Crippen LogP contribution in [0.1, 0.15) is 11.1 Å². The highest BCUT2D eigenvalue weighted by molar-refractivity contribution is 5.85. The third-order valence-corrected chi connectivity index (χ3v) is 3.72. The second-order valence-electron chi connectivity index (χ2n) is 5.79. The molecule has 0 unspecified atom stereocenters. The third-order valence-electron chi connectivity index (χ3n) is 3.72. The molecule has 0 aliphatic carbocycles. The second kappa shape index (κ2) is 10.1. The molecule has 2 rings (SSSR count). The van der Waals surface area contributed by atoms with Crippen molar-refractivity contribution in [2.75, 3.05) is 24.2 Å². The van der Waals surface area contributed by atoms with Gasteiger partial charge in [-0.05, 0) is 19.1 Å². The number of carbonyl (C=O) groups is 1. The van der Waals surface area contributed by atoms with E-state index < -0.39 is 23.0 Å². The van der Waals surface area contributed by atoms with Crippen molar-refractivity contribution in [2.45, 2.75) is 13.5 Å². The lowest BCUT2D eigenvalue weighted by Crippen LogP contribution is -2.20. The zero-order valence-electron chi connectivity index (χ0n) is 15.8. The molecule has 8 nitrogen and oxygen atoms in total. The van der Waals surface area contributed by atoms with Crippen molar-refractivity contribution in [1.29, 1.82) is 0 Å². The summed E-state index contributed by atoms with van der Waals surface area (Å²) in [6.07, 6.45) is 4.02. The number of rotatable bonds is 8. The molecular weight excluding hydrogens is 387 g/mol. The van der Waals surface area contributed by atoms with Crippen LogP contribution in [0.25, 0.3) is 0 Å². The van der Waals surface area contributed by atoms with E-state index in [9.17, 15) is 18.0 Å². The second-order valence-corrected chi connectivity index (χ2v) is 5.79. The Kier molecular flexibility index (Phi) is 7.52. The summed E-state index contributed by atoms with van der Waals surface area (Å²) in [7, 11) is 1.49. The quantitative estimate of drug-likeness (QED) is 0.392. The van der Waals surface area contributed by atoms with Crippen LogP contribution in [0, 0.1) is 24.4 Å². The lowest BCUT2D eigenvalue weighted by Gasteiger charge is -2.12. The number of likely N-dealkylation sites (N-methyl/N-ethyl adjacent to an activating group) is 1. The number of carbonyl (C=O) groups excluding carboxylic acids is 1. The van der Waals surface area contributed by atoms with Gasteiger partial charge in [-0.25, -0.2) is 18.2 Å². The molecule has 5 N–H and O–H groups in total. The molecule has 0 bridgehead atoms. The van der Waals surface area contributed by atoms with Crippen LogP contribution in [0.15, 0.2) is 35.2 Å². The van der Waals surface area contributed by atoms with Gasteiger partial charge in [-0.2, -0.15) is 4.98 Å². The van der Waals surface area contributed by atoms with E-state index in [1.165, 1.54) is 25.7 Å². The summed E-state index contributed by atoms with van der Waals surface area (Å²) in [5.41, 5.74) is 5.99. The maximum atomic E-state index is 13.8. The molecule has 0 spiro atoms.